The fraction of sp³-hybridized carbons (Fsp3) is 0.118. The van der Waals surface area contributed by atoms with Crippen LogP contribution >= 0.6 is 11.8 Å². The molecule has 0 spiro atoms. The van der Waals surface area contributed by atoms with Gasteiger partial charge in [0.25, 0.3) is 0 Å². The van der Waals surface area contributed by atoms with Crippen LogP contribution < -0.4 is 0 Å². The van der Waals surface area contributed by atoms with Crippen molar-refractivity contribution in [2.45, 2.75) is 11.7 Å². The van der Waals surface area contributed by atoms with Crippen LogP contribution in [0.15, 0.2) is 53.4 Å². The molecule has 1 aliphatic heterocycles. The molecule has 112 valence electrons. The predicted molar refractivity (Wildman–Crippen MR) is 85.2 cm³/mol. The molecule has 3 N–H and O–H groups in total. The van der Waals surface area contributed by atoms with Crippen LogP contribution in [0.25, 0.3) is 0 Å². The normalized spacial score (nSPS) is 17.3. The molecular weight excluding hydrogens is 300 g/mol. The Morgan fingerprint density at radius 3 is 2.59 bits per heavy atom. The molecule has 1 atom stereocenters. The van der Waals surface area contributed by atoms with Crippen LogP contribution in [0.2, 0.25) is 0 Å². The van der Waals surface area contributed by atoms with Crippen molar-refractivity contribution in [1.29, 1.82) is 0 Å². The van der Waals surface area contributed by atoms with Gasteiger partial charge in [0.2, 0.25) is 0 Å². The summed E-state index contributed by atoms with van der Waals surface area (Å²) in [5.41, 5.74) is 1.31. The molecule has 4 nitrogen and oxygen atoms in total. The van der Waals surface area contributed by atoms with Crippen LogP contribution in [0.4, 0.5) is 0 Å². The van der Waals surface area contributed by atoms with Gasteiger partial charge in [-0.15, -0.1) is 11.8 Å². The van der Waals surface area contributed by atoms with E-state index in [2.05, 4.69) is 0 Å². The van der Waals surface area contributed by atoms with Crippen LogP contribution in [-0.2, 0) is 0 Å². The summed E-state index contributed by atoms with van der Waals surface area (Å²) >= 11 is 1.42. The lowest BCUT2D eigenvalue weighted by Gasteiger charge is -2.11. The van der Waals surface area contributed by atoms with E-state index in [0.717, 1.165) is 5.56 Å². The van der Waals surface area contributed by atoms with Crippen LogP contribution in [0.3, 0.4) is 0 Å². The number of ketones is 1. The van der Waals surface area contributed by atoms with Gasteiger partial charge < -0.3 is 15.3 Å². The highest BCUT2D eigenvalue weighted by molar-refractivity contribution is 8.04. The van der Waals surface area contributed by atoms with Gasteiger partial charge >= 0.3 is 0 Å². The number of allylic oxidation sites excluding steroid dienone is 2. The Labute approximate surface area is 131 Å². The minimum atomic E-state index is -0.161. The molecule has 0 aliphatic carbocycles. The van der Waals surface area contributed by atoms with E-state index in [-0.39, 0.29) is 28.3 Å². The molecule has 1 unspecified atom stereocenters. The highest BCUT2D eigenvalue weighted by atomic mass is 32.2. The monoisotopic (exact) mass is 314 g/mol. The fourth-order valence-corrected chi connectivity index (χ4v) is 3.54. The third-order valence-corrected chi connectivity index (χ3v) is 4.85. The molecule has 0 amide bonds. The number of carbonyl (C=O) groups is 1. The Hall–Kier alpha value is -2.40. The van der Waals surface area contributed by atoms with E-state index >= 15 is 0 Å². The molecule has 5 heteroatoms. The molecule has 0 fully saturated rings. The quantitative estimate of drug-likeness (QED) is 0.594. The smallest absolute Gasteiger partial charge is 0.199 e. The number of benzene rings is 2. The summed E-state index contributed by atoms with van der Waals surface area (Å²) < 4.78 is 0. The molecular formula is C17H14O4S. The predicted octanol–water partition coefficient (Wildman–Crippen LogP) is 3.75. The number of phenolic OH excluding ortho intramolecular Hbond substituents is 3. The lowest BCUT2D eigenvalue weighted by Crippen LogP contribution is -1.99. The van der Waals surface area contributed by atoms with E-state index in [1.54, 1.807) is 18.2 Å². The third-order valence-electron chi connectivity index (χ3n) is 3.49. The van der Waals surface area contributed by atoms with Crippen molar-refractivity contribution >= 4 is 17.5 Å². The van der Waals surface area contributed by atoms with Gasteiger partial charge in [-0.05, 0) is 36.2 Å². The molecule has 0 radical (unpaired) electrons. The Bertz CT molecular complexity index is 767. The maximum Gasteiger partial charge on any atom is 0.199 e. The Kier molecular flexibility index (Phi) is 3.81. The van der Waals surface area contributed by atoms with Crippen molar-refractivity contribution in [2.75, 3.05) is 0 Å². The first-order valence-corrected chi connectivity index (χ1v) is 7.65. The molecule has 2 aromatic carbocycles. The number of phenols is 3. The van der Waals surface area contributed by atoms with E-state index in [0.29, 0.717) is 16.9 Å². The average Bonchev–Trinajstić information content (AvgIpc) is 2.99. The van der Waals surface area contributed by atoms with E-state index in [9.17, 15) is 20.1 Å². The van der Waals surface area contributed by atoms with Gasteiger partial charge in [-0.25, -0.2) is 0 Å². The molecule has 1 aliphatic rings. The van der Waals surface area contributed by atoms with Gasteiger partial charge in [0, 0.05) is 10.8 Å². The van der Waals surface area contributed by atoms with Gasteiger partial charge in [-0.1, -0.05) is 24.3 Å². The van der Waals surface area contributed by atoms with E-state index in [1.165, 1.54) is 36.0 Å². The number of Topliss-reactive ketones (excluding diaryl/α,β-unsaturated/α-hetero) is 1. The molecule has 0 bridgehead atoms. The second kappa shape index (κ2) is 5.77. The molecule has 0 saturated heterocycles. The molecule has 1 heterocycles. The Morgan fingerprint density at radius 2 is 1.86 bits per heavy atom. The second-order valence-corrected chi connectivity index (χ2v) is 6.28. The zero-order valence-corrected chi connectivity index (χ0v) is 12.4. The first-order valence-electron chi connectivity index (χ1n) is 6.77. The van der Waals surface area contributed by atoms with Crippen LogP contribution in [-0.4, -0.2) is 21.1 Å². The highest BCUT2D eigenvalue weighted by Gasteiger charge is 2.25. The summed E-state index contributed by atoms with van der Waals surface area (Å²) in [6.07, 6.45) is 2.54. The summed E-state index contributed by atoms with van der Waals surface area (Å²) in [7, 11) is 0. The van der Waals surface area contributed by atoms with Crippen molar-refractivity contribution < 1.29 is 20.1 Å². The highest BCUT2D eigenvalue weighted by Crippen LogP contribution is 2.46. The first kappa shape index (κ1) is 14.5. The van der Waals surface area contributed by atoms with Crippen molar-refractivity contribution in [3.8, 4) is 17.2 Å². The SMILES string of the molecule is O=C(C1=CCC(c2ccc(O)c(O)c2)S1)c1cccc(O)c1. The van der Waals surface area contributed by atoms with Gasteiger partial charge in [0.15, 0.2) is 17.3 Å². The van der Waals surface area contributed by atoms with Gasteiger partial charge in [-0.2, -0.15) is 0 Å². The number of aromatic hydroxyl groups is 3. The molecule has 2 aromatic rings. The van der Waals surface area contributed by atoms with Crippen LogP contribution in [0, 0.1) is 0 Å². The lowest BCUT2D eigenvalue weighted by molar-refractivity contribution is 0.104. The standard InChI is InChI=1S/C17H14O4S/c18-12-3-1-2-11(8-12)17(21)16-7-6-15(22-16)10-4-5-13(19)14(20)9-10/h1-5,7-9,15,18-20H,6H2. The lowest BCUT2D eigenvalue weighted by atomic mass is 10.1. The van der Waals surface area contributed by atoms with Crippen LogP contribution in [0.1, 0.15) is 27.6 Å². The average molecular weight is 314 g/mol. The number of thioether (sulfide) groups is 1. The summed E-state index contributed by atoms with van der Waals surface area (Å²) in [6, 6.07) is 11.0. The number of rotatable bonds is 3. The molecule has 3 rings (SSSR count). The molecule has 22 heavy (non-hydrogen) atoms. The summed E-state index contributed by atoms with van der Waals surface area (Å²) in [4.78, 5) is 13.0. The van der Waals surface area contributed by atoms with E-state index in [1.807, 2.05) is 6.08 Å². The Morgan fingerprint density at radius 1 is 1.05 bits per heavy atom. The number of carbonyl (C=O) groups excluding carboxylic acids is 1. The van der Waals surface area contributed by atoms with Crippen molar-refractivity contribution in [1.82, 2.24) is 0 Å². The second-order valence-electron chi connectivity index (χ2n) is 5.04. The van der Waals surface area contributed by atoms with Crippen molar-refractivity contribution in [3.63, 3.8) is 0 Å². The maximum absolute atomic E-state index is 12.4. The summed E-state index contributed by atoms with van der Waals surface area (Å²) in [5, 5.41) is 28.4. The fourth-order valence-electron chi connectivity index (χ4n) is 2.34. The molecule has 0 saturated carbocycles. The van der Waals surface area contributed by atoms with Gasteiger partial charge in [0.05, 0.1) is 4.91 Å². The van der Waals surface area contributed by atoms with Crippen LogP contribution in [0.5, 0.6) is 17.2 Å². The third kappa shape index (κ3) is 2.80. The topological polar surface area (TPSA) is 77.8 Å². The van der Waals surface area contributed by atoms with E-state index in [4.69, 9.17) is 0 Å². The zero-order valence-electron chi connectivity index (χ0n) is 11.6. The minimum absolute atomic E-state index is 0.0303. The Balaban J connectivity index is 1.76. The number of hydrogen-bond acceptors (Lipinski definition) is 5. The van der Waals surface area contributed by atoms with Gasteiger partial charge in [-0.3, -0.25) is 4.79 Å². The summed E-state index contributed by atoms with van der Waals surface area (Å²) in [6.45, 7) is 0. The van der Waals surface area contributed by atoms with Crippen molar-refractivity contribution in [3.05, 3.63) is 64.6 Å². The van der Waals surface area contributed by atoms with Gasteiger partial charge in [0.1, 0.15) is 5.75 Å². The summed E-state index contributed by atoms with van der Waals surface area (Å²) in [5.74, 6) is -0.373. The maximum atomic E-state index is 12.4. The van der Waals surface area contributed by atoms with E-state index < -0.39 is 0 Å². The largest absolute Gasteiger partial charge is 0.508 e. The molecule has 0 aromatic heterocycles. The zero-order chi connectivity index (χ0) is 15.7. The van der Waals surface area contributed by atoms with Crippen molar-refractivity contribution in [2.24, 2.45) is 0 Å². The first-order chi connectivity index (χ1) is 10.5. The minimum Gasteiger partial charge on any atom is -0.508 e. The number of hydrogen-bond donors (Lipinski definition) is 3.